The summed E-state index contributed by atoms with van der Waals surface area (Å²) in [4.78, 5) is 27.0. The fourth-order valence-corrected chi connectivity index (χ4v) is 2.95. The van der Waals surface area contributed by atoms with E-state index in [2.05, 4.69) is 5.32 Å². The summed E-state index contributed by atoms with van der Waals surface area (Å²) in [7, 11) is 0. The first-order chi connectivity index (χ1) is 12.8. The van der Waals surface area contributed by atoms with Crippen LogP contribution in [0.4, 0.5) is 4.39 Å². The van der Waals surface area contributed by atoms with Crippen molar-refractivity contribution in [2.75, 3.05) is 6.54 Å². The molecule has 0 saturated heterocycles. The summed E-state index contributed by atoms with van der Waals surface area (Å²) >= 11 is 0. The van der Waals surface area contributed by atoms with Crippen LogP contribution in [0.3, 0.4) is 0 Å². The maximum absolute atomic E-state index is 13.2. The molecule has 0 radical (unpaired) electrons. The number of carbonyl (C=O) groups excluding carboxylic acids is 2. The van der Waals surface area contributed by atoms with E-state index >= 15 is 0 Å². The van der Waals surface area contributed by atoms with Crippen LogP contribution in [0, 0.1) is 19.7 Å². The van der Waals surface area contributed by atoms with Gasteiger partial charge in [-0.05, 0) is 56.5 Å². The number of hydrogen-bond acceptors (Lipinski definition) is 2. The molecule has 0 aromatic heterocycles. The minimum Gasteiger partial charge on any atom is -0.355 e. The lowest BCUT2D eigenvalue weighted by Gasteiger charge is -2.29. The monoisotopic (exact) mass is 370 g/mol. The van der Waals surface area contributed by atoms with E-state index in [1.165, 1.54) is 12.1 Å². The number of likely N-dealkylation sites (N-methyl/N-ethyl adjacent to an activating group) is 1. The molecule has 0 spiro atoms. The highest BCUT2D eigenvalue weighted by Crippen LogP contribution is 2.16. The zero-order valence-corrected chi connectivity index (χ0v) is 16.4. The molecule has 144 valence electrons. The van der Waals surface area contributed by atoms with E-state index in [-0.39, 0.29) is 30.6 Å². The Labute approximate surface area is 160 Å². The molecular formula is C22H27FN2O2. The number of rotatable bonds is 7. The molecule has 27 heavy (non-hydrogen) atoms. The van der Waals surface area contributed by atoms with Gasteiger partial charge in [-0.3, -0.25) is 9.59 Å². The van der Waals surface area contributed by atoms with Gasteiger partial charge in [0.1, 0.15) is 11.9 Å². The van der Waals surface area contributed by atoms with Crippen LogP contribution in [0.5, 0.6) is 0 Å². The van der Waals surface area contributed by atoms with Crippen molar-refractivity contribution in [2.24, 2.45) is 0 Å². The molecular weight excluding hydrogens is 343 g/mol. The molecule has 5 heteroatoms. The van der Waals surface area contributed by atoms with E-state index in [1.807, 2.05) is 39.0 Å². The lowest BCUT2D eigenvalue weighted by Crippen LogP contribution is -2.48. The molecule has 2 aromatic rings. The van der Waals surface area contributed by atoms with Gasteiger partial charge in [0.15, 0.2) is 0 Å². The van der Waals surface area contributed by atoms with Gasteiger partial charge in [0.25, 0.3) is 0 Å². The molecule has 2 aromatic carbocycles. The molecule has 4 nitrogen and oxygen atoms in total. The standard InChI is InChI=1S/C22H27FN2O2/c1-5-24-22(27)17(4)25(14-18-8-10-20(23)11-9-18)21(26)13-19-12-15(2)6-7-16(19)3/h6-12,17H,5,13-14H2,1-4H3,(H,24,27)/t17-/m0/s1. The van der Waals surface area contributed by atoms with Gasteiger partial charge in [-0.25, -0.2) is 4.39 Å². The number of aryl methyl sites for hydroxylation is 2. The Morgan fingerprint density at radius 3 is 2.41 bits per heavy atom. The minimum absolute atomic E-state index is 0.133. The highest BCUT2D eigenvalue weighted by Gasteiger charge is 2.26. The maximum Gasteiger partial charge on any atom is 0.242 e. The summed E-state index contributed by atoms with van der Waals surface area (Å²) in [5.41, 5.74) is 3.86. The third-order valence-electron chi connectivity index (χ3n) is 4.63. The molecule has 0 bridgehead atoms. The number of amides is 2. The van der Waals surface area contributed by atoms with E-state index in [0.29, 0.717) is 6.54 Å². The minimum atomic E-state index is -0.618. The molecule has 1 N–H and O–H groups in total. The van der Waals surface area contributed by atoms with Gasteiger partial charge >= 0.3 is 0 Å². The summed E-state index contributed by atoms with van der Waals surface area (Å²) in [6.45, 7) is 8.27. The van der Waals surface area contributed by atoms with E-state index in [9.17, 15) is 14.0 Å². The molecule has 2 rings (SSSR count). The summed E-state index contributed by atoms with van der Waals surface area (Å²) in [5, 5.41) is 2.77. The Hall–Kier alpha value is -2.69. The average Bonchev–Trinajstić information content (AvgIpc) is 2.63. The Kier molecular flexibility index (Phi) is 7.11. The summed E-state index contributed by atoms with van der Waals surface area (Å²) < 4.78 is 13.2. The Morgan fingerprint density at radius 2 is 1.78 bits per heavy atom. The van der Waals surface area contributed by atoms with Crippen LogP contribution in [-0.2, 0) is 22.6 Å². The van der Waals surface area contributed by atoms with E-state index < -0.39 is 6.04 Å². The fourth-order valence-electron chi connectivity index (χ4n) is 2.95. The Morgan fingerprint density at radius 1 is 1.11 bits per heavy atom. The van der Waals surface area contributed by atoms with Crippen LogP contribution < -0.4 is 5.32 Å². The van der Waals surface area contributed by atoms with Crippen LogP contribution in [0.25, 0.3) is 0 Å². The number of benzene rings is 2. The maximum atomic E-state index is 13.2. The third-order valence-corrected chi connectivity index (χ3v) is 4.63. The lowest BCUT2D eigenvalue weighted by molar-refractivity contribution is -0.140. The van der Waals surface area contributed by atoms with Crippen LogP contribution >= 0.6 is 0 Å². The third kappa shape index (κ3) is 5.64. The van der Waals surface area contributed by atoms with Crippen molar-refractivity contribution in [1.29, 1.82) is 0 Å². The predicted octanol–water partition coefficient (Wildman–Crippen LogP) is 3.54. The first kappa shape index (κ1) is 20.6. The normalized spacial score (nSPS) is 11.7. The second kappa shape index (κ2) is 9.31. The molecule has 0 saturated carbocycles. The number of hydrogen-bond donors (Lipinski definition) is 1. The molecule has 0 unspecified atom stereocenters. The van der Waals surface area contributed by atoms with Gasteiger partial charge in [0.05, 0.1) is 6.42 Å². The summed E-state index contributed by atoms with van der Waals surface area (Å²) in [6, 6.07) is 11.4. The number of nitrogens with zero attached hydrogens (tertiary/aromatic N) is 1. The van der Waals surface area contributed by atoms with Crippen molar-refractivity contribution in [3.8, 4) is 0 Å². The van der Waals surface area contributed by atoms with Crippen molar-refractivity contribution >= 4 is 11.8 Å². The predicted molar refractivity (Wildman–Crippen MR) is 105 cm³/mol. The average molecular weight is 370 g/mol. The van der Waals surface area contributed by atoms with Gasteiger partial charge in [-0.15, -0.1) is 0 Å². The molecule has 0 aliphatic carbocycles. The van der Waals surface area contributed by atoms with Crippen LogP contribution in [-0.4, -0.2) is 29.3 Å². The molecule has 2 amide bonds. The molecule has 0 heterocycles. The van der Waals surface area contributed by atoms with Crippen LogP contribution in [0.1, 0.15) is 36.1 Å². The number of carbonyl (C=O) groups is 2. The lowest BCUT2D eigenvalue weighted by atomic mass is 10.0. The van der Waals surface area contributed by atoms with Gasteiger partial charge < -0.3 is 10.2 Å². The second-order valence-corrected chi connectivity index (χ2v) is 6.83. The molecule has 1 atom stereocenters. The van der Waals surface area contributed by atoms with Crippen molar-refractivity contribution in [1.82, 2.24) is 10.2 Å². The quantitative estimate of drug-likeness (QED) is 0.810. The first-order valence-electron chi connectivity index (χ1n) is 9.19. The Bertz CT molecular complexity index is 802. The summed E-state index contributed by atoms with van der Waals surface area (Å²) in [5.74, 6) is -0.663. The van der Waals surface area contributed by atoms with Crippen LogP contribution in [0.2, 0.25) is 0 Å². The summed E-state index contributed by atoms with van der Waals surface area (Å²) in [6.07, 6.45) is 0.221. The largest absolute Gasteiger partial charge is 0.355 e. The second-order valence-electron chi connectivity index (χ2n) is 6.83. The first-order valence-corrected chi connectivity index (χ1v) is 9.19. The zero-order valence-electron chi connectivity index (χ0n) is 16.4. The highest BCUT2D eigenvalue weighted by atomic mass is 19.1. The number of halogens is 1. The molecule has 0 fully saturated rings. The van der Waals surface area contributed by atoms with Crippen molar-refractivity contribution in [3.05, 3.63) is 70.5 Å². The SMILES string of the molecule is CCNC(=O)[C@H](C)N(Cc1ccc(F)cc1)C(=O)Cc1cc(C)ccc1C. The highest BCUT2D eigenvalue weighted by molar-refractivity contribution is 5.88. The van der Waals surface area contributed by atoms with E-state index in [4.69, 9.17) is 0 Å². The smallest absolute Gasteiger partial charge is 0.242 e. The topological polar surface area (TPSA) is 49.4 Å². The fraction of sp³-hybridized carbons (Fsp3) is 0.364. The number of nitrogens with one attached hydrogen (secondary N) is 1. The van der Waals surface area contributed by atoms with Crippen molar-refractivity contribution in [2.45, 2.75) is 46.7 Å². The van der Waals surface area contributed by atoms with Gasteiger partial charge in [-0.1, -0.05) is 35.9 Å². The molecule has 0 aliphatic rings. The van der Waals surface area contributed by atoms with Crippen LogP contribution in [0.15, 0.2) is 42.5 Å². The van der Waals surface area contributed by atoms with Gasteiger partial charge in [0, 0.05) is 13.1 Å². The molecule has 0 aliphatic heterocycles. The van der Waals surface area contributed by atoms with Crippen molar-refractivity contribution < 1.29 is 14.0 Å². The van der Waals surface area contributed by atoms with Gasteiger partial charge in [-0.2, -0.15) is 0 Å². The Balaban J connectivity index is 2.26. The van der Waals surface area contributed by atoms with Gasteiger partial charge in [0.2, 0.25) is 11.8 Å². The van der Waals surface area contributed by atoms with Crippen molar-refractivity contribution in [3.63, 3.8) is 0 Å². The van der Waals surface area contributed by atoms with E-state index in [0.717, 1.165) is 22.3 Å². The van der Waals surface area contributed by atoms with E-state index in [1.54, 1.807) is 24.0 Å². The zero-order chi connectivity index (χ0) is 20.0.